The Labute approximate surface area is 94.0 Å². The Balaban J connectivity index is 2.91. The largest absolute Gasteiger partial charge is 0.479 e. The van der Waals surface area contributed by atoms with Gasteiger partial charge in [-0.25, -0.2) is 4.98 Å². The molecule has 1 rings (SSSR count). The second-order valence-corrected chi connectivity index (χ2v) is 3.42. The smallest absolute Gasteiger partial charge is 0.319 e. The van der Waals surface area contributed by atoms with Gasteiger partial charge in [0.25, 0.3) is 0 Å². The summed E-state index contributed by atoms with van der Waals surface area (Å²) < 4.78 is 9.87. The molecule has 0 aliphatic rings. The van der Waals surface area contributed by atoms with Crippen molar-refractivity contribution in [3.63, 3.8) is 0 Å². The predicted molar refractivity (Wildman–Crippen MR) is 58.6 cm³/mol. The monoisotopic (exact) mass is 225 g/mol. The molecule has 1 heterocycles. The van der Waals surface area contributed by atoms with Crippen LogP contribution in [-0.4, -0.2) is 30.1 Å². The van der Waals surface area contributed by atoms with Gasteiger partial charge in [0.1, 0.15) is 5.69 Å². The van der Waals surface area contributed by atoms with Crippen molar-refractivity contribution >= 4 is 11.6 Å². The maximum Gasteiger partial charge on any atom is 0.319 e. The van der Waals surface area contributed by atoms with E-state index in [1.807, 2.05) is 0 Å². The van der Waals surface area contributed by atoms with Crippen LogP contribution in [0.15, 0.2) is 6.20 Å². The van der Waals surface area contributed by atoms with Crippen LogP contribution in [-0.2, 0) is 4.79 Å². The van der Waals surface area contributed by atoms with Crippen molar-refractivity contribution < 1.29 is 14.3 Å². The fourth-order valence-corrected chi connectivity index (χ4v) is 0.968. The normalized spacial score (nSPS) is 10.1. The summed E-state index contributed by atoms with van der Waals surface area (Å²) >= 11 is 0. The minimum atomic E-state index is -0.119. The van der Waals surface area contributed by atoms with E-state index in [1.165, 1.54) is 20.4 Å². The molecule has 6 nitrogen and oxygen atoms in total. The van der Waals surface area contributed by atoms with E-state index in [1.54, 1.807) is 13.8 Å². The van der Waals surface area contributed by atoms with Crippen LogP contribution in [0.5, 0.6) is 11.9 Å². The highest BCUT2D eigenvalue weighted by atomic mass is 16.5. The van der Waals surface area contributed by atoms with Crippen molar-refractivity contribution in [2.45, 2.75) is 13.8 Å². The number of amides is 1. The van der Waals surface area contributed by atoms with E-state index in [2.05, 4.69) is 15.3 Å². The molecule has 0 saturated heterocycles. The van der Waals surface area contributed by atoms with Gasteiger partial charge in [-0.05, 0) is 0 Å². The van der Waals surface area contributed by atoms with Crippen LogP contribution in [0.1, 0.15) is 13.8 Å². The Hall–Kier alpha value is -1.85. The van der Waals surface area contributed by atoms with Gasteiger partial charge >= 0.3 is 6.01 Å². The molecule has 0 aliphatic heterocycles. The molecule has 0 aliphatic carbocycles. The van der Waals surface area contributed by atoms with Crippen LogP contribution in [0.3, 0.4) is 0 Å². The lowest BCUT2D eigenvalue weighted by Crippen LogP contribution is -2.18. The maximum atomic E-state index is 11.5. The Bertz CT molecular complexity index is 380. The SMILES string of the molecule is COc1ncc(NC(=O)C(C)C)c(OC)n1. The maximum absolute atomic E-state index is 11.5. The molecule has 1 aromatic rings. The first-order valence-electron chi connectivity index (χ1n) is 4.84. The number of hydrogen-bond acceptors (Lipinski definition) is 5. The van der Waals surface area contributed by atoms with Crippen molar-refractivity contribution in [1.82, 2.24) is 9.97 Å². The summed E-state index contributed by atoms with van der Waals surface area (Å²) in [6.45, 7) is 3.60. The summed E-state index contributed by atoms with van der Waals surface area (Å²) in [5.74, 6) is 0.0414. The molecule has 0 aromatic carbocycles. The van der Waals surface area contributed by atoms with Crippen LogP contribution in [0.2, 0.25) is 0 Å². The minimum absolute atomic E-state index is 0.118. The van der Waals surface area contributed by atoms with E-state index < -0.39 is 0 Å². The topological polar surface area (TPSA) is 73.3 Å². The summed E-state index contributed by atoms with van der Waals surface area (Å²) in [4.78, 5) is 19.3. The highest BCUT2D eigenvalue weighted by Gasteiger charge is 2.13. The van der Waals surface area contributed by atoms with E-state index in [4.69, 9.17) is 9.47 Å². The molecular formula is C10H15N3O3. The molecule has 0 bridgehead atoms. The first-order chi connectivity index (χ1) is 7.58. The second-order valence-electron chi connectivity index (χ2n) is 3.42. The van der Waals surface area contributed by atoms with Gasteiger partial charge in [0.2, 0.25) is 11.8 Å². The number of carbonyl (C=O) groups is 1. The molecule has 6 heteroatoms. The van der Waals surface area contributed by atoms with Crippen molar-refractivity contribution in [1.29, 1.82) is 0 Å². The Morgan fingerprint density at radius 3 is 2.56 bits per heavy atom. The highest BCUT2D eigenvalue weighted by Crippen LogP contribution is 2.22. The standard InChI is InChI=1S/C10H15N3O3/c1-6(2)8(14)12-7-5-11-10(16-4)13-9(7)15-3/h5-6H,1-4H3,(H,12,14). The number of hydrogen-bond donors (Lipinski definition) is 1. The van der Waals surface area contributed by atoms with Crippen LogP contribution >= 0.6 is 0 Å². The Morgan fingerprint density at radius 2 is 2.06 bits per heavy atom. The molecule has 16 heavy (non-hydrogen) atoms. The van der Waals surface area contributed by atoms with Gasteiger partial charge in [0.05, 0.1) is 20.4 Å². The third-order valence-electron chi connectivity index (χ3n) is 1.89. The molecule has 0 fully saturated rings. The van der Waals surface area contributed by atoms with Crippen molar-refractivity contribution in [2.75, 3.05) is 19.5 Å². The average Bonchev–Trinajstić information content (AvgIpc) is 2.29. The molecule has 1 amide bonds. The van der Waals surface area contributed by atoms with Crippen LogP contribution < -0.4 is 14.8 Å². The summed E-state index contributed by atoms with van der Waals surface area (Å²) in [6, 6.07) is 0.194. The van der Waals surface area contributed by atoms with Crippen molar-refractivity contribution in [3.8, 4) is 11.9 Å². The minimum Gasteiger partial charge on any atom is -0.479 e. The van der Waals surface area contributed by atoms with Gasteiger partial charge in [-0.15, -0.1) is 0 Å². The van der Waals surface area contributed by atoms with E-state index >= 15 is 0 Å². The number of methoxy groups -OCH3 is 2. The number of nitrogens with one attached hydrogen (secondary N) is 1. The third kappa shape index (κ3) is 2.82. The first-order valence-corrected chi connectivity index (χ1v) is 4.84. The zero-order chi connectivity index (χ0) is 12.1. The molecular weight excluding hydrogens is 210 g/mol. The fraction of sp³-hybridized carbons (Fsp3) is 0.500. The molecule has 0 radical (unpaired) electrons. The number of ether oxygens (including phenoxy) is 2. The van der Waals surface area contributed by atoms with Gasteiger partial charge in [-0.2, -0.15) is 4.98 Å². The number of aromatic nitrogens is 2. The van der Waals surface area contributed by atoms with Gasteiger partial charge in [0, 0.05) is 5.92 Å². The van der Waals surface area contributed by atoms with Gasteiger partial charge in [-0.3, -0.25) is 4.79 Å². The van der Waals surface area contributed by atoms with Gasteiger partial charge in [-0.1, -0.05) is 13.8 Å². The van der Waals surface area contributed by atoms with Crippen LogP contribution in [0.25, 0.3) is 0 Å². The number of carbonyl (C=O) groups excluding carboxylic acids is 1. The molecule has 0 atom stereocenters. The fourth-order valence-electron chi connectivity index (χ4n) is 0.968. The van der Waals surface area contributed by atoms with Crippen molar-refractivity contribution in [3.05, 3.63) is 6.20 Å². The second kappa shape index (κ2) is 5.29. The Morgan fingerprint density at radius 1 is 1.38 bits per heavy atom. The number of anilines is 1. The summed E-state index contributed by atoms with van der Waals surface area (Å²) in [5.41, 5.74) is 0.432. The summed E-state index contributed by atoms with van der Waals surface area (Å²) in [7, 11) is 2.92. The van der Waals surface area contributed by atoms with Crippen LogP contribution in [0.4, 0.5) is 5.69 Å². The molecule has 88 valence electrons. The van der Waals surface area contributed by atoms with E-state index in [0.717, 1.165) is 0 Å². The zero-order valence-electron chi connectivity index (χ0n) is 9.77. The van der Waals surface area contributed by atoms with E-state index in [0.29, 0.717) is 5.69 Å². The molecule has 0 unspecified atom stereocenters. The van der Waals surface area contributed by atoms with E-state index in [-0.39, 0.29) is 23.7 Å². The lowest BCUT2D eigenvalue weighted by atomic mass is 10.2. The van der Waals surface area contributed by atoms with Crippen molar-refractivity contribution in [2.24, 2.45) is 5.92 Å². The summed E-state index contributed by atoms with van der Waals surface area (Å²) in [5, 5.41) is 2.67. The quantitative estimate of drug-likeness (QED) is 0.830. The number of rotatable bonds is 4. The lowest BCUT2D eigenvalue weighted by Gasteiger charge is -2.10. The third-order valence-corrected chi connectivity index (χ3v) is 1.89. The molecule has 1 aromatic heterocycles. The highest BCUT2D eigenvalue weighted by molar-refractivity contribution is 5.92. The zero-order valence-corrected chi connectivity index (χ0v) is 9.77. The molecule has 1 N–H and O–H groups in total. The first kappa shape index (κ1) is 12.2. The Kier molecular flexibility index (Phi) is 4.04. The van der Waals surface area contributed by atoms with Gasteiger partial charge in [0.15, 0.2) is 0 Å². The lowest BCUT2D eigenvalue weighted by molar-refractivity contribution is -0.118. The number of nitrogens with zero attached hydrogens (tertiary/aromatic N) is 2. The van der Waals surface area contributed by atoms with E-state index in [9.17, 15) is 4.79 Å². The van der Waals surface area contributed by atoms with Crippen LogP contribution in [0, 0.1) is 5.92 Å². The molecule has 0 spiro atoms. The average molecular weight is 225 g/mol. The summed E-state index contributed by atoms with van der Waals surface area (Å²) in [6.07, 6.45) is 1.45. The van der Waals surface area contributed by atoms with Gasteiger partial charge < -0.3 is 14.8 Å². The predicted octanol–water partition coefficient (Wildman–Crippen LogP) is 1.09. The molecule has 0 saturated carbocycles.